The fourth-order valence-corrected chi connectivity index (χ4v) is 3.52. The minimum atomic E-state index is -0.540. The van der Waals surface area contributed by atoms with Crippen LogP contribution in [0, 0.1) is 0 Å². The van der Waals surface area contributed by atoms with Crippen molar-refractivity contribution >= 4 is 46.7 Å². The van der Waals surface area contributed by atoms with E-state index in [4.69, 9.17) is 27.9 Å². The van der Waals surface area contributed by atoms with Crippen LogP contribution < -0.4 is 4.90 Å². The summed E-state index contributed by atoms with van der Waals surface area (Å²) >= 11 is 12.0. The van der Waals surface area contributed by atoms with Crippen LogP contribution in [0.1, 0.15) is 63.7 Å². The van der Waals surface area contributed by atoms with E-state index >= 15 is 0 Å². The normalized spacial score (nSPS) is 13.0. The highest BCUT2D eigenvalue weighted by molar-refractivity contribution is 6.41. The number of amides is 2. The van der Waals surface area contributed by atoms with Gasteiger partial charge in [-0.3, -0.25) is 9.59 Å². The zero-order valence-electron chi connectivity index (χ0n) is 15.3. The van der Waals surface area contributed by atoms with Crippen LogP contribution in [0.5, 0.6) is 0 Å². The van der Waals surface area contributed by atoms with Gasteiger partial charge < -0.3 is 4.74 Å². The first kappa shape index (κ1) is 20.4. The highest BCUT2D eigenvalue weighted by Crippen LogP contribution is 2.35. The van der Waals surface area contributed by atoms with Gasteiger partial charge >= 0.3 is 5.97 Å². The molecule has 2 aromatic carbocycles. The molecule has 146 valence electrons. The van der Waals surface area contributed by atoms with E-state index in [9.17, 15) is 14.4 Å². The number of unbranched alkanes of at least 4 members (excludes halogenated alkanes) is 3. The van der Waals surface area contributed by atoms with Gasteiger partial charge in [-0.05, 0) is 42.8 Å². The number of ether oxygens (including phenoxy) is 1. The molecule has 0 saturated carbocycles. The molecule has 2 amide bonds. The second-order valence-electron chi connectivity index (χ2n) is 6.50. The Morgan fingerprint density at radius 1 is 0.964 bits per heavy atom. The molecule has 0 fully saturated rings. The molecule has 0 atom stereocenters. The first-order valence-electron chi connectivity index (χ1n) is 9.09. The third kappa shape index (κ3) is 4.05. The molecule has 0 aliphatic carbocycles. The van der Waals surface area contributed by atoms with Gasteiger partial charge in [-0.2, -0.15) is 0 Å². The molecule has 3 rings (SSSR count). The standard InChI is InChI=1S/C21H19Cl2NO4/c1-2-3-4-5-10-28-21(27)13-6-8-15-16(11-13)20(26)24(19(15)25)18-9-7-14(22)12-17(18)23/h6-9,11-12H,2-5,10H2,1H3. The number of carbonyl (C=O) groups is 3. The number of halogens is 2. The molecule has 0 radical (unpaired) electrons. The number of esters is 1. The first-order valence-corrected chi connectivity index (χ1v) is 9.84. The van der Waals surface area contributed by atoms with Gasteiger partial charge in [0, 0.05) is 5.02 Å². The predicted octanol–water partition coefficient (Wildman–Crippen LogP) is 5.53. The Balaban J connectivity index is 1.79. The molecule has 0 spiro atoms. The Labute approximate surface area is 173 Å². The second-order valence-corrected chi connectivity index (χ2v) is 7.34. The van der Waals surface area contributed by atoms with Gasteiger partial charge in [0.05, 0.1) is 34.0 Å². The molecule has 1 aliphatic heterocycles. The number of hydrogen-bond acceptors (Lipinski definition) is 4. The van der Waals surface area contributed by atoms with Crippen LogP contribution in [0.4, 0.5) is 5.69 Å². The quantitative estimate of drug-likeness (QED) is 0.336. The third-order valence-corrected chi connectivity index (χ3v) is 5.04. The average Bonchev–Trinajstić information content (AvgIpc) is 2.92. The molecular weight excluding hydrogens is 401 g/mol. The van der Waals surface area contributed by atoms with Gasteiger partial charge in [0.25, 0.3) is 11.8 Å². The zero-order valence-corrected chi connectivity index (χ0v) is 16.8. The van der Waals surface area contributed by atoms with E-state index in [1.165, 1.54) is 30.3 Å². The van der Waals surface area contributed by atoms with Gasteiger partial charge in [-0.15, -0.1) is 0 Å². The number of nitrogens with zero attached hydrogens (tertiary/aromatic N) is 1. The van der Waals surface area contributed by atoms with Gasteiger partial charge in [0.15, 0.2) is 0 Å². The van der Waals surface area contributed by atoms with Crippen molar-refractivity contribution in [1.29, 1.82) is 0 Å². The van der Waals surface area contributed by atoms with E-state index in [2.05, 4.69) is 6.92 Å². The Morgan fingerprint density at radius 3 is 2.43 bits per heavy atom. The number of imide groups is 1. The van der Waals surface area contributed by atoms with E-state index in [1.54, 1.807) is 6.07 Å². The van der Waals surface area contributed by atoms with Crippen LogP contribution in [0.15, 0.2) is 36.4 Å². The molecule has 1 aliphatic rings. The van der Waals surface area contributed by atoms with Crippen LogP contribution in [-0.4, -0.2) is 24.4 Å². The molecule has 2 aromatic rings. The number of benzene rings is 2. The fourth-order valence-electron chi connectivity index (χ4n) is 3.03. The van der Waals surface area contributed by atoms with Crippen LogP contribution in [0.3, 0.4) is 0 Å². The van der Waals surface area contributed by atoms with Crippen LogP contribution in [-0.2, 0) is 4.74 Å². The van der Waals surface area contributed by atoms with Crippen LogP contribution in [0.2, 0.25) is 10.0 Å². The molecule has 7 heteroatoms. The maximum absolute atomic E-state index is 12.8. The molecule has 1 heterocycles. The molecule has 0 aromatic heterocycles. The SMILES string of the molecule is CCCCCCOC(=O)c1ccc2c(c1)C(=O)N(c1ccc(Cl)cc1Cl)C2=O. The molecule has 5 nitrogen and oxygen atoms in total. The first-order chi connectivity index (χ1) is 13.4. The number of anilines is 1. The van der Waals surface area contributed by atoms with E-state index in [1.807, 2.05) is 0 Å². The van der Waals surface area contributed by atoms with Crippen molar-refractivity contribution < 1.29 is 19.1 Å². The van der Waals surface area contributed by atoms with E-state index < -0.39 is 17.8 Å². The molecular formula is C21H19Cl2NO4. The minimum absolute atomic E-state index is 0.149. The van der Waals surface area contributed by atoms with Crippen molar-refractivity contribution in [2.75, 3.05) is 11.5 Å². The van der Waals surface area contributed by atoms with Crippen LogP contribution in [0.25, 0.3) is 0 Å². The smallest absolute Gasteiger partial charge is 0.338 e. The summed E-state index contributed by atoms with van der Waals surface area (Å²) in [5.41, 5.74) is 0.851. The number of carbonyl (C=O) groups excluding carboxylic acids is 3. The summed E-state index contributed by atoms with van der Waals surface area (Å²) in [4.78, 5) is 38.7. The maximum Gasteiger partial charge on any atom is 0.338 e. The summed E-state index contributed by atoms with van der Waals surface area (Å²) < 4.78 is 5.26. The topological polar surface area (TPSA) is 63.7 Å². The fraction of sp³-hybridized carbons (Fsp3) is 0.286. The largest absolute Gasteiger partial charge is 0.462 e. The number of rotatable bonds is 7. The predicted molar refractivity (Wildman–Crippen MR) is 108 cm³/mol. The Kier molecular flexibility index (Phi) is 6.37. The zero-order chi connectivity index (χ0) is 20.3. The second kappa shape index (κ2) is 8.76. The third-order valence-electron chi connectivity index (χ3n) is 4.50. The Bertz CT molecular complexity index is 942. The lowest BCUT2D eigenvalue weighted by molar-refractivity contribution is 0.0497. The maximum atomic E-state index is 12.8. The van der Waals surface area contributed by atoms with Gasteiger partial charge in [0.2, 0.25) is 0 Å². The molecule has 0 bridgehead atoms. The molecule has 0 saturated heterocycles. The monoisotopic (exact) mass is 419 g/mol. The minimum Gasteiger partial charge on any atom is -0.462 e. The van der Waals surface area contributed by atoms with E-state index in [0.717, 1.165) is 30.6 Å². The van der Waals surface area contributed by atoms with Crippen LogP contribution >= 0.6 is 23.2 Å². The molecule has 28 heavy (non-hydrogen) atoms. The van der Waals surface area contributed by atoms with Crippen molar-refractivity contribution in [1.82, 2.24) is 0 Å². The summed E-state index contributed by atoms with van der Waals surface area (Å²) in [5, 5.41) is 0.586. The van der Waals surface area contributed by atoms with E-state index in [0.29, 0.717) is 11.6 Å². The van der Waals surface area contributed by atoms with Gasteiger partial charge in [0.1, 0.15) is 0 Å². The van der Waals surface area contributed by atoms with Crippen molar-refractivity contribution in [3.8, 4) is 0 Å². The van der Waals surface area contributed by atoms with Crippen molar-refractivity contribution in [3.63, 3.8) is 0 Å². The molecule has 0 unspecified atom stereocenters. The lowest BCUT2D eigenvalue weighted by Crippen LogP contribution is -2.29. The molecule has 0 N–H and O–H groups in total. The summed E-state index contributed by atoms with van der Waals surface area (Å²) in [7, 11) is 0. The Morgan fingerprint density at radius 2 is 1.71 bits per heavy atom. The van der Waals surface area contributed by atoms with Gasteiger partial charge in [-0.25, -0.2) is 9.69 Å². The highest BCUT2D eigenvalue weighted by atomic mass is 35.5. The lowest BCUT2D eigenvalue weighted by atomic mass is 10.1. The lowest BCUT2D eigenvalue weighted by Gasteiger charge is -2.15. The van der Waals surface area contributed by atoms with Crippen molar-refractivity contribution in [2.45, 2.75) is 32.6 Å². The summed E-state index contributed by atoms with van der Waals surface area (Å²) in [6.45, 7) is 2.44. The van der Waals surface area contributed by atoms with Crippen molar-refractivity contribution in [2.24, 2.45) is 0 Å². The highest BCUT2D eigenvalue weighted by Gasteiger charge is 2.38. The summed E-state index contributed by atoms with van der Waals surface area (Å²) in [6, 6.07) is 8.88. The average molecular weight is 420 g/mol. The van der Waals surface area contributed by atoms with E-state index in [-0.39, 0.29) is 27.4 Å². The van der Waals surface area contributed by atoms with Crippen molar-refractivity contribution in [3.05, 3.63) is 63.1 Å². The summed E-state index contributed by atoms with van der Waals surface area (Å²) in [6.07, 6.45) is 3.99. The number of hydrogen-bond donors (Lipinski definition) is 0. The van der Waals surface area contributed by atoms with Gasteiger partial charge in [-0.1, -0.05) is 49.4 Å². The number of fused-ring (bicyclic) bond motifs is 1. The summed E-state index contributed by atoms with van der Waals surface area (Å²) in [5.74, 6) is -1.55. The Hall–Kier alpha value is -2.37.